The van der Waals surface area contributed by atoms with Gasteiger partial charge in [0.15, 0.2) is 0 Å². The summed E-state index contributed by atoms with van der Waals surface area (Å²) in [4.78, 5) is 12.1. The van der Waals surface area contributed by atoms with Crippen molar-refractivity contribution in [3.63, 3.8) is 0 Å². The average molecular weight is 275 g/mol. The molecule has 2 aromatic rings. The van der Waals surface area contributed by atoms with Crippen molar-refractivity contribution in [2.24, 2.45) is 5.73 Å². The van der Waals surface area contributed by atoms with Crippen molar-refractivity contribution < 1.29 is 4.74 Å². The van der Waals surface area contributed by atoms with E-state index in [2.05, 4.69) is 0 Å². The number of hydrogen-bond acceptors (Lipinski definition) is 3. The Morgan fingerprint density at radius 1 is 1.30 bits per heavy atom. The molecular formula is C15H21N3O2. The SMILES string of the molecule is CCn1ccn(Cc2cc(C(C)N)ccc2OC)c1=O. The molecule has 1 unspecified atom stereocenters. The lowest BCUT2D eigenvalue weighted by molar-refractivity contribution is 0.407. The third kappa shape index (κ3) is 2.77. The van der Waals surface area contributed by atoms with Crippen molar-refractivity contribution in [2.75, 3.05) is 7.11 Å². The van der Waals surface area contributed by atoms with Gasteiger partial charge in [0, 0.05) is 30.5 Å². The minimum atomic E-state index is -0.0448. The van der Waals surface area contributed by atoms with Gasteiger partial charge in [-0.2, -0.15) is 0 Å². The predicted molar refractivity (Wildman–Crippen MR) is 79.1 cm³/mol. The van der Waals surface area contributed by atoms with Gasteiger partial charge in [0.05, 0.1) is 13.7 Å². The van der Waals surface area contributed by atoms with Crippen molar-refractivity contribution >= 4 is 0 Å². The third-order valence-corrected chi connectivity index (χ3v) is 3.43. The van der Waals surface area contributed by atoms with Gasteiger partial charge in [-0.1, -0.05) is 6.07 Å². The van der Waals surface area contributed by atoms with E-state index in [1.807, 2.05) is 32.0 Å². The summed E-state index contributed by atoms with van der Waals surface area (Å²) < 4.78 is 8.70. The molecule has 1 aromatic carbocycles. The lowest BCUT2D eigenvalue weighted by Crippen LogP contribution is -2.24. The number of rotatable bonds is 5. The maximum absolute atomic E-state index is 12.1. The van der Waals surface area contributed by atoms with Gasteiger partial charge in [0.2, 0.25) is 0 Å². The number of aromatic nitrogens is 2. The summed E-state index contributed by atoms with van der Waals surface area (Å²) in [5.41, 5.74) is 7.88. The van der Waals surface area contributed by atoms with E-state index in [4.69, 9.17) is 10.5 Å². The number of nitrogens with zero attached hydrogens (tertiary/aromatic N) is 2. The molecule has 0 aliphatic heterocycles. The number of nitrogens with two attached hydrogens (primary N) is 1. The molecule has 0 radical (unpaired) electrons. The van der Waals surface area contributed by atoms with Crippen molar-refractivity contribution in [2.45, 2.75) is 33.0 Å². The quantitative estimate of drug-likeness (QED) is 0.904. The van der Waals surface area contributed by atoms with E-state index in [1.165, 1.54) is 0 Å². The molecule has 1 aromatic heterocycles. The number of aryl methyl sites for hydroxylation is 1. The molecule has 0 aliphatic rings. The summed E-state index contributed by atoms with van der Waals surface area (Å²) in [7, 11) is 1.63. The van der Waals surface area contributed by atoms with E-state index in [0.29, 0.717) is 13.1 Å². The molecule has 0 amide bonds. The molecule has 5 heteroatoms. The molecule has 0 fully saturated rings. The van der Waals surface area contributed by atoms with Gasteiger partial charge in [0.25, 0.3) is 0 Å². The van der Waals surface area contributed by atoms with E-state index < -0.39 is 0 Å². The number of hydrogen-bond donors (Lipinski definition) is 1. The maximum Gasteiger partial charge on any atom is 0.328 e. The summed E-state index contributed by atoms with van der Waals surface area (Å²) in [6.45, 7) is 5.03. The second-order valence-corrected chi connectivity index (χ2v) is 4.85. The minimum Gasteiger partial charge on any atom is -0.496 e. The topological polar surface area (TPSA) is 62.2 Å². The Hall–Kier alpha value is -2.01. The number of ether oxygens (including phenoxy) is 1. The van der Waals surface area contributed by atoms with Crippen LogP contribution in [0.5, 0.6) is 5.75 Å². The van der Waals surface area contributed by atoms with Gasteiger partial charge in [-0.05, 0) is 31.5 Å². The van der Waals surface area contributed by atoms with Gasteiger partial charge in [-0.3, -0.25) is 9.13 Å². The van der Waals surface area contributed by atoms with Gasteiger partial charge in [-0.25, -0.2) is 4.79 Å². The summed E-state index contributed by atoms with van der Waals surface area (Å²) in [6.07, 6.45) is 3.59. The van der Waals surface area contributed by atoms with Crippen LogP contribution in [0, 0.1) is 0 Å². The molecule has 1 heterocycles. The molecule has 0 aliphatic carbocycles. The second kappa shape index (κ2) is 5.96. The highest BCUT2D eigenvalue weighted by atomic mass is 16.5. The Morgan fingerprint density at radius 2 is 2.00 bits per heavy atom. The fourth-order valence-electron chi connectivity index (χ4n) is 2.20. The zero-order valence-corrected chi connectivity index (χ0v) is 12.2. The van der Waals surface area contributed by atoms with Gasteiger partial charge in [0.1, 0.15) is 5.75 Å². The molecule has 108 valence electrons. The zero-order chi connectivity index (χ0) is 14.7. The molecule has 0 saturated heterocycles. The molecule has 5 nitrogen and oxygen atoms in total. The van der Waals surface area contributed by atoms with E-state index in [-0.39, 0.29) is 11.7 Å². The first-order valence-corrected chi connectivity index (χ1v) is 6.74. The van der Waals surface area contributed by atoms with Crippen LogP contribution in [0.2, 0.25) is 0 Å². The molecule has 2 rings (SSSR count). The van der Waals surface area contributed by atoms with Crippen molar-refractivity contribution in [3.05, 3.63) is 52.2 Å². The van der Waals surface area contributed by atoms with Crippen LogP contribution in [0.25, 0.3) is 0 Å². The summed E-state index contributed by atoms with van der Waals surface area (Å²) in [5, 5.41) is 0. The van der Waals surface area contributed by atoms with Crippen molar-refractivity contribution in [1.29, 1.82) is 0 Å². The molecule has 2 N–H and O–H groups in total. The Balaban J connectivity index is 2.38. The van der Waals surface area contributed by atoms with Crippen LogP contribution in [-0.2, 0) is 13.1 Å². The largest absolute Gasteiger partial charge is 0.496 e. The minimum absolute atomic E-state index is 0.0132. The molecule has 0 saturated carbocycles. The Bertz CT molecular complexity index is 641. The monoisotopic (exact) mass is 275 g/mol. The third-order valence-electron chi connectivity index (χ3n) is 3.43. The highest BCUT2D eigenvalue weighted by molar-refractivity contribution is 5.38. The second-order valence-electron chi connectivity index (χ2n) is 4.85. The van der Waals surface area contributed by atoms with Crippen LogP contribution in [0.4, 0.5) is 0 Å². The summed E-state index contributed by atoms with van der Waals surface area (Å²) in [5.74, 6) is 0.769. The first-order valence-electron chi connectivity index (χ1n) is 6.74. The molecular weight excluding hydrogens is 254 g/mol. The van der Waals surface area contributed by atoms with Crippen LogP contribution in [0.3, 0.4) is 0 Å². The van der Waals surface area contributed by atoms with E-state index in [0.717, 1.165) is 16.9 Å². The Kier molecular flexibility index (Phi) is 4.29. The van der Waals surface area contributed by atoms with Crippen LogP contribution < -0.4 is 16.2 Å². The fraction of sp³-hybridized carbons (Fsp3) is 0.400. The van der Waals surface area contributed by atoms with Crippen molar-refractivity contribution in [1.82, 2.24) is 9.13 Å². The molecule has 0 spiro atoms. The maximum atomic E-state index is 12.1. The molecule has 20 heavy (non-hydrogen) atoms. The number of benzene rings is 1. The first kappa shape index (κ1) is 14.4. The lowest BCUT2D eigenvalue weighted by Gasteiger charge is -2.13. The standard InChI is InChI=1S/C15H21N3O2/c1-4-17-7-8-18(15(17)19)10-13-9-12(11(2)16)5-6-14(13)20-3/h5-9,11H,4,10,16H2,1-3H3. The molecule has 1 atom stereocenters. The normalized spacial score (nSPS) is 12.4. The zero-order valence-electron chi connectivity index (χ0n) is 12.2. The van der Waals surface area contributed by atoms with Gasteiger partial charge in [-0.15, -0.1) is 0 Å². The summed E-state index contributed by atoms with van der Waals surface area (Å²) >= 11 is 0. The van der Waals surface area contributed by atoms with E-state index in [1.54, 1.807) is 28.6 Å². The van der Waals surface area contributed by atoms with Gasteiger partial charge < -0.3 is 10.5 Å². The first-order chi connectivity index (χ1) is 9.56. The highest BCUT2D eigenvalue weighted by Crippen LogP contribution is 2.23. The van der Waals surface area contributed by atoms with E-state index >= 15 is 0 Å². The predicted octanol–water partition coefficient (Wildman–Crippen LogP) is 1.75. The highest BCUT2D eigenvalue weighted by Gasteiger charge is 2.10. The average Bonchev–Trinajstić information content (AvgIpc) is 2.79. The summed E-state index contributed by atoms with van der Waals surface area (Å²) in [6, 6.07) is 5.80. The number of imidazole rings is 1. The van der Waals surface area contributed by atoms with Crippen LogP contribution in [0.1, 0.15) is 31.0 Å². The fourth-order valence-corrected chi connectivity index (χ4v) is 2.20. The smallest absolute Gasteiger partial charge is 0.328 e. The Morgan fingerprint density at radius 3 is 2.55 bits per heavy atom. The number of methoxy groups -OCH3 is 1. The van der Waals surface area contributed by atoms with Gasteiger partial charge >= 0.3 is 5.69 Å². The van der Waals surface area contributed by atoms with Crippen molar-refractivity contribution in [3.8, 4) is 5.75 Å². The van der Waals surface area contributed by atoms with E-state index in [9.17, 15) is 4.79 Å². The van der Waals surface area contributed by atoms with Crippen LogP contribution in [-0.4, -0.2) is 16.2 Å². The lowest BCUT2D eigenvalue weighted by atomic mass is 10.0. The Labute approximate surface area is 118 Å². The van der Waals surface area contributed by atoms with Crippen LogP contribution in [0.15, 0.2) is 35.4 Å². The molecule has 0 bridgehead atoms. The van der Waals surface area contributed by atoms with Crippen LogP contribution >= 0.6 is 0 Å².